The molecule has 4 nitrogen and oxygen atoms in total. The zero-order valence-electron chi connectivity index (χ0n) is 17.5. The second-order valence-corrected chi connectivity index (χ2v) is 8.56. The fraction of sp³-hybridized carbons (Fsp3) is 0.375. The number of halogens is 3. The fourth-order valence-corrected chi connectivity index (χ4v) is 4.98. The van der Waals surface area contributed by atoms with Gasteiger partial charge in [-0.25, -0.2) is 4.79 Å². The highest BCUT2D eigenvalue weighted by Crippen LogP contribution is 2.38. The summed E-state index contributed by atoms with van der Waals surface area (Å²) in [4.78, 5) is 15.9. The summed E-state index contributed by atoms with van der Waals surface area (Å²) in [6.07, 6.45) is -1.69. The quantitative estimate of drug-likeness (QED) is 0.577. The Hall–Kier alpha value is -2.80. The number of benzene rings is 2. The molecule has 2 heterocycles. The average Bonchev–Trinajstić information content (AvgIpc) is 3.31. The lowest BCUT2D eigenvalue weighted by atomic mass is 9.82. The Morgan fingerprint density at radius 1 is 1.13 bits per heavy atom. The number of alkyl halides is 3. The second kappa shape index (κ2) is 8.04. The molecule has 0 radical (unpaired) electrons. The van der Waals surface area contributed by atoms with E-state index in [2.05, 4.69) is 11.1 Å². The van der Waals surface area contributed by atoms with Gasteiger partial charge < -0.3 is 10.1 Å². The molecule has 0 unspecified atom stereocenters. The molecular formula is C24H25F3N2O2. The number of likely N-dealkylation sites (tertiary alicyclic amines) is 1. The Morgan fingerprint density at radius 2 is 1.84 bits per heavy atom. The van der Waals surface area contributed by atoms with Gasteiger partial charge in [-0.1, -0.05) is 18.2 Å². The van der Waals surface area contributed by atoms with E-state index in [1.54, 1.807) is 12.1 Å². The minimum Gasteiger partial charge on any atom is -0.478 e. The first-order valence-electron chi connectivity index (χ1n) is 10.3. The molecule has 1 aliphatic heterocycles. The zero-order chi connectivity index (χ0) is 22.3. The first kappa shape index (κ1) is 21.4. The number of aryl methyl sites for hydroxylation is 2. The van der Waals surface area contributed by atoms with E-state index in [1.807, 2.05) is 26.1 Å². The first-order valence-corrected chi connectivity index (χ1v) is 10.3. The summed E-state index contributed by atoms with van der Waals surface area (Å²) in [6, 6.07) is 10.7. The Balaban J connectivity index is 1.67. The van der Waals surface area contributed by atoms with Crippen LogP contribution in [0.2, 0.25) is 0 Å². The lowest BCUT2D eigenvalue weighted by Gasteiger charge is -2.21. The molecule has 4 rings (SSSR count). The average molecular weight is 430 g/mol. The molecule has 31 heavy (non-hydrogen) atoms. The third-order valence-corrected chi connectivity index (χ3v) is 6.35. The van der Waals surface area contributed by atoms with Crippen LogP contribution in [0.5, 0.6) is 0 Å². The van der Waals surface area contributed by atoms with Crippen molar-refractivity contribution in [3.05, 3.63) is 70.4 Å². The first-order chi connectivity index (χ1) is 14.6. The number of fused-ring (bicyclic) bond motifs is 1. The number of rotatable bonds is 5. The van der Waals surface area contributed by atoms with Gasteiger partial charge in [0.2, 0.25) is 0 Å². The van der Waals surface area contributed by atoms with E-state index in [-0.39, 0.29) is 17.4 Å². The van der Waals surface area contributed by atoms with Crippen LogP contribution in [0.25, 0.3) is 10.9 Å². The van der Waals surface area contributed by atoms with Gasteiger partial charge in [-0.3, -0.25) is 4.90 Å². The maximum absolute atomic E-state index is 13.1. The molecule has 2 aromatic carbocycles. The number of carbonyl (C=O) groups is 1. The van der Waals surface area contributed by atoms with Crippen LogP contribution in [0.4, 0.5) is 13.2 Å². The van der Waals surface area contributed by atoms with Crippen LogP contribution in [0.1, 0.15) is 38.5 Å². The fourth-order valence-electron chi connectivity index (χ4n) is 4.98. The van der Waals surface area contributed by atoms with Crippen molar-refractivity contribution >= 4 is 16.9 Å². The highest BCUT2D eigenvalue weighted by atomic mass is 19.4. The van der Waals surface area contributed by atoms with Gasteiger partial charge in [-0.2, -0.15) is 13.2 Å². The normalized spacial score (nSPS) is 19.9. The molecule has 0 aliphatic carbocycles. The van der Waals surface area contributed by atoms with Gasteiger partial charge in [0.25, 0.3) is 0 Å². The van der Waals surface area contributed by atoms with Crippen LogP contribution in [0, 0.1) is 19.8 Å². The maximum Gasteiger partial charge on any atom is 0.401 e. The predicted molar refractivity (Wildman–Crippen MR) is 114 cm³/mol. The molecule has 2 N–H and O–H groups in total. The van der Waals surface area contributed by atoms with Gasteiger partial charge in [0, 0.05) is 36.1 Å². The second-order valence-electron chi connectivity index (χ2n) is 8.56. The van der Waals surface area contributed by atoms with E-state index in [9.17, 15) is 18.0 Å². The number of aromatic carboxylic acids is 1. The maximum atomic E-state index is 13.1. The largest absolute Gasteiger partial charge is 0.478 e. The van der Waals surface area contributed by atoms with Crippen molar-refractivity contribution in [3.8, 4) is 0 Å². The summed E-state index contributed by atoms with van der Waals surface area (Å²) in [5.41, 5.74) is 5.57. The third-order valence-electron chi connectivity index (χ3n) is 6.35. The van der Waals surface area contributed by atoms with E-state index in [0.717, 1.165) is 33.2 Å². The molecule has 0 amide bonds. The topological polar surface area (TPSA) is 56.3 Å². The molecule has 1 saturated heterocycles. The van der Waals surface area contributed by atoms with Gasteiger partial charge in [-0.05, 0) is 66.6 Å². The van der Waals surface area contributed by atoms with E-state index in [4.69, 9.17) is 5.11 Å². The number of H-pyrrole nitrogens is 1. The Labute approximate surface area is 178 Å². The van der Waals surface area contributed by atoms with Crippen molar-refractivity contribution in [2.24, 2.45) is 5.92 Å². The Bertz CT molecular complexity index is 1100. The van der Waals surface area contributed by atoms with Gasteiger partial charge in [-0.15, -0.1) is 0 Å². The van der Waals surface area contributed by atoms with Crippen molar-refractivity contribution < 1.29 is 23.1 Å². The number of carboxylic acids is 1. The number of nitrogens with zero attached hydrogens (tertiary/aromatic N) is 1. The van der Waals surface area contributed by atoms with Crippen molar-refractivity contribution in [2.45, 2.75) is 32.4 Å². The number of aromatic amines is 1. The molecule has 3 aromatic rings. The minimum atomic E-state index is -4.25. The van der Waals surface area contributed by atoms with Gasteiger partial charge in [0.15, 0.2) is 0 Å². The predicted octanol–water partition coefficient (Wildman–Crippen LogP) is 5.30. The highest BCUT2D eigenvalue weighted by molar-refractivity contribution is 5.88. The Morgan fingerprint density at radius 3 is 2.48 bits per heavy atom. The summed E-state index contributed by atoms with van der Waals surface area (Å²) in [5.74, 6) is -1.12. The van der Waals surface area contributed by atoms with Crippen LogP contribution < -0.4 is 0 Å². The number of carboxylic acid groups (broad SMARTS) is 1. The third kappa shape index (κ3) is 4.46. The monoisotopic (exact) mass is 430 g/mol. The molecule has 2 atom stereocenters. The van der Waals surface area contributed by atoms with Crippen LogP contribution in [0.3, 0.4) is 0 Å². The van der Waals surface area contributed by atoms with Gasteiger partial charge in [0.1, 0.15) is 0 Å². The molecule has 1 aliphatic rings. The number of nitrogens with one attached hydrogen (secondary N) is 1. The van der Waals surface area contributed by atoms with Gasteiger partial charge >= 0.3 is 12.1 Å². The van der Waals surface area contributed by atoms with E-state index >= 15 is 0 Å². The number of hydrogen-bond acceptors (Lipinski definition) is 2. The van der Waals surface area contributed by atoms with Crippen LogP contribution in [0.15, 0.2) is 42.6 Å². The highest BCUT2D eigenvalue weighted by Gasteiger charge is 2.39. The lowest BCUT2D eigenvalue weighted by molar-refractivity contribution is -0.143. The lowest BCUT2D eigenvalue weighted by Crippen LogP contribution is -2.32. The summed E-state index contributed by atoms with van der Waals surface area (Å²) >= 11 is 0. The SMILES string of the molecule is Cc1cc(C)c2[nH]ccc2c1C[C@@H]1CN(CC(F)(F)F)C[C@H]1c1ccc(C(=O)O)cc1. The molecule has 164 valence electrons. The zero-order valence-corrected chi connectivity index (χ0v) is 17.5. The molecule has 7 heteroatoms. The van der Waals surface area contributed by atoms with Gasteiger partial charge in [0.05, 0.1) is 12.1 Å². The number of hydrogen-bond donors (Lipinski definition) is 2. The summed E-state index contributed by atoms with van der Waals surface area (Å²) in [6.45, 7) is 3.82. The summed E-state index contributed by atoms with van der Waals surface area (Å²) in [7, 11) is 0. The van der Waals surface area contributed by atoms with Crippen molar-refractivity contribution in [1.29, 1.82) is 0 Å². The molecule has 0 spiro atoms. The molecule has 1 aromatic heterocycles. The van der Waals surface area contributed by atoms with E-state index in [1.165, 1.54) is 17.0 Å². The molecule has 1 fully saturated rings. The van der Waals surface area contributed by atoms with Crippen molar-refractivity contribution in [3.63, 3.8) is 0 Å². The Kier molecular flexibility index (Phi) is 5.56. The van der Waals surface area contributed by atoms with E-state index in [0.29, 0.717) is 19.5 Å². The summed E-state index contributed by atoms with van der Waals surface area (Å²) in [5, 5.41) is 10.3. The minimum absolute atomic E-state index is 0.00228. The molecular weight excluding hydrogens is 405 g/mol. The molecule has 0 bridgehead atoms. The van der Waals surface area contributed by atoms with Crippen molar-refractivity contribution in [1.82, 2.24) is 9.88 Å². The van der Waals surface area contributed by atoms with Crippen LogP contribution >= 0.6 is 0 Å². The van der Waals surface area contributed by atoms with E-state index < -0.39 is 18.7 Å². The summed E-state index contributed by atoms with van der Waals surface area (Å²) < 4.78 is 39.3. The number of aromatic nitrogens is 1. The van der Waals surface area contributed by atoms with Crippen LogP contribution in [-0.2, 0) is 6.42 Å². The standard InChI is InChI=1S/C24H25F3N2O2/c1-14-9-15(2)22-19(7-8-28-22)20(14)10-18-11-29(13-24(25,26)27)12-21(18)16-3-5-17(6-4-16)23(30)31/h3-9,18,21,28H,10-13H2,1-2H3,(H,30,31)/t18-,21+/m1/s1. The van der Waals surface area contributed by atoms with Crippen LogP contribution in [-0.4, -0.2) is 46.8 Å². The molecule has 0 saturated carbocycles. The van der Waals surface area contributed by atoms with Crippen molar-refractivity contribution in [2.75, 3.05) is 19.6 Å². The smallest absolute Gasteiger partial charge is 0.401 e.